The highest BCUT2D eigenvalue weighted by Crippen LogP contribution is 2.51. The van der Waals surface area contributed by atoms with Crippen LogP contribution in [0.3, 0.4) is 0 Å². The predicted molar refractivity (Wildman–Crippen MR) is 145 cm³/mol. The lowest BCUT2D eigenvalue weighted by Crippen LogP contribution is -2.46. The van der Waals surface area contributed by atoms with Crippen molar-refractivity contribution < 1.29 is 24.4 Å². The van der Waals surface area contributed by atoms with Crippen molar-refractivity contribution in [1.82, 2.24) is 0 Å². The van der Waals surface area contributed by atoms with E-state index in [9.17, 15) is 19.7 Å². The van der Waals surface area contributed by atoms with E-state index < -0.39 is 19.0 Å². The quantitative estimate of drug-likeness (QED) is 0.304. The molecule has 6 nitrogen and oxygen atoms in total. The van der Waals surface area contributed by atoms with Crippen molar-refractivity contribution in [3.8, 4) is 5.75 Å². The summed E-state index contributed by atoms with van der Waals surface area (Å²) >= 11 is 0. The number of imide groups is 1. The van der Waals surface area contributed by atoms with Crippen LogP contribution in [-0.4, -0.2) is 35.2 Å². The molecule has 0 bridgehead atoms. The second-order valence-electron chi connectivity index (χ2n) is 10.3. The number of phenolic OH excluding ortho intramolecular Hbond substituents is 1. The summed E-state index contributed by atoms with van der Waals surface area (Å²) in [6.07, 6.45) is 5.63. The summed E-state index contributed by atoms with van der Waals surface area (Å²) in [6.45, 7) is 4.18. The highest BCUT2D eigenvalue weighted by molar-refractivity contribution is 6.43. The number of hydrogen-bond acceptors (Lipinski definition) is 5. The van der Waals surface area contributed by atoms with Crippen molar-refractivity contribution >= 4 is 30.7 Å². The van der Waals surface area contributed by atoms with Crippen molar-refractivity contribution in [2.24, 2.45) is 17.8 Å². The van der Waals surface area contributed by atoms with Gasteiger partial charge in [0.05, 0.1) is 23.6 Å². The van der Waals surface area contributed by atoms with Gasteiger partial charge in [-0.05, 0) is 68.1 Å². The smallest absolute Gasteiger partial charge is 0.455 e. The fourth-order valence-electron chi connectivity index (χ4n) is 6.43. The Balaban J connectivity index is 1.43. The normalized spacial score (nSPS) is 26.0. The second kappa shape index (κ2) is 10.7. The molecule has 2 heterocycles. The van der Waals surface area contributed by atoms with E-state index >= 15 is 0 Å². The van der Waals surface area contributed by atoms with E-state index in [4.69, 9.17) is 4.65 Å². The van der Waals surface area contributed by atoms with Crippen LogP contribution in [0.1, 0.15) is 51.5 Å². The number of allylic oxidation sites excluding steroid dienone is 2. The number of fused-ring (bicyclic) bond motifs is 3. The monoisotopic (exact) mass is 499 g/mol. The van der Waals surface area contributed by atoms with Gasteiger partial charge in [0, 0.05) is 5.56 Å². The molecular formula is C30H34BNO5. The van der Waals surface area contributed by atoms with Gasteiger partial charge in [-0.15, -0.1) is 0 Å². The third kappa shape index (κ3) is 4.78. The summed E-state index contributed by atoms with van der Waals surface area (Å²) in [5.41, 5.74) is 4.87. The molecule has 0 spiro atoms. The fraction of sp³-hybridized carbons (Fsp3) is 0.400. The molecule has 0 radical (unpaired) electrons. The summed E-state index contributed by atoms with van der Waals surface area (Å²) in [5.74, 6) is -1.13. The number of aromatic hydroxyl groups is 1. The van der Waals surface area contributed by atoms with Gasteiger partial charge >= 0.3 is 7.12 Å². The van der Waals surface area contributed by atoms with E-state index in [0.717, 1.165) is 30.4 Å². The van der Waals surface area contributed by atoms with Gasteiger partial charge < -0.3 is 14.8 Å². The molecule has 4 atom stereocenters. The molecule has 0 aromatic heterocycles. The van der Waals surface area contributed by atoms with Crippen LogP contribution in [0, 0.1) is 17.8 Å². The molecule has 2 aromatic carbocycles. The molecule has 0 unspecified atom stereocenters. The first kappa shape index (κ1) is 25.5. The van der Waals surface area contributed by atoms with Gasteiger partial charge in [0.15, 0.2) is 0 Å². The van der Waals surface area contributed by atoms with Crippen LogP contribution in [0.2, 0.25) is 6.32 Å². The van der Waals surface area contributed by atoms with Gasteiger partial charge in [0.25, 0.3) is 0 Å². The number of amides is 2. The maximum absolute atomic E-state index is 13.7. The molecule has 0 saturated carbocycles. The third-order valence-corrected chi connectivity index (χ3v) is 8.23. The first-order valence-electron chi connectivity index (χ1n) is 13.4. The minimum Gasteiger partial charge on any atom is -0.507 e. The molecule has 5 rings (SSSR count). The Hall–Kier alpha value is -3.16. The average Bonchev–Trinajstić information content (AvgIpc) is 3.16. The molecule has 3 aliphatic rings. The van der Waals surface area contributed by atoms with Crippen LogP contribution in [0.25, 0.3) is 6.08 Å². The van der Waals surface area contributed by atoms with Crippen molar-refractivity contribution in [3.63, 3.8) is 0 Å². The van der Waals surface area contributed by atoms with Gasteiger partial charge in [-0.2, -0.15) is 0 Å². The van der Waals surface area contributed by atoms with E-state index in [1.165, 1.54) is 16.0 Å². The van der Waals surface area contributed by atoms with Crippen molar-refractivity contribution in [2.45, 2.75) is 58.4 Å². The topological polar surface area (TPSA) is 87.1 Å². The maximum Gasteiger partial charge on any atom is 0.455 e. The van der Waals surface area contributed by atoms with Crippen LogP contribution in [0.4, 0.5) is 5.69 Å². The summed E-state index contributed by atoms with van der Waals surface area (Å²) in [4.78, 5) is 28.5. The zero-order valence-corrected chi connectivity index (χ0v) is 21.5. The van der Waals surface area contributed by atoms with Crippen LogP contribution >= 0.6 is 0 Å². The van der Waals surface area contributed by atoms with Gasteiger partial charge in [-0.1, -0.05) is 67.5 Å². The SMILES string of the molecule is CCC1=C2[C@@H](CC/C(=C/c3ccccc3O)CC)OB(O)C[C@@H]2[C@@H]2C(=O)N(c3ccccc3)C(=O)[C@@H]2C1. The lowest BCUT2D eigenvalue weighted by Gasteiger charge is -2.43. The highest BCUT2D eigenvalue weighted by atomic mass is 16.5. The molecule has 37 heavy (non-hydrogen) atoms. The van der Waals surface area contributed by atoms with Crippen LogP contribution in [0.15, 0.2) is 71.3 Å². The minimum atomic E-state index is -0.975. The zero-order valence-electron chi connectivity index (χ0n) is 21.5. The summed E-state index contributed by atoms with van der Waals surface area (Å²) in [5, 5.41) is 20.9. The second-order valence-corrected chi connectivity index (χ2v) is 10.3. The molecule has 2 amide bonds. The number of rotatable bonds is 7. The summed E-state index contributed by atoms with van der Waals surface area (Å²) in [6, 6.07) is 16.4. The summed E-state index contributed by atoms with van der Waals surface area (Å²) < 4.78 is 6.09. The first-order valence-corrected chi connectivity index (χ1v) is 13.4. The molecular weight excluding hydrogens is 465 g/mol. The molecule has 1 aliphatic carbocycles. The molecule has 2 aromatic rings. The maximum atomic E-state index is 13.7. The lowest BCUT2D eigenvalue weighted by atomic mass is 9.58. The predicted octanol–water partition coefficient (Wildman–Crippen LogP) is 5.38. The van der Waals surface area contributed by atoms with E-state index in [1.54, 1.807) is 24.3 Å². The van der Waals surface area contributed by atoms with Crippen molar-refractivity contribution in [1.29, 1.82) is 0 Å². The number of para-hydroxylation sites is 2. The van der Waals surface area contributed by atoms with E-state index in [2.05, 4.69) is 13.8 Å². The molecule has 2 aliphatic heterocycles. The number of benzene rings is 2. The number of nitrogens with zero attached hydrogens (tertiary/aromatic N) is 1. The zero-order chi connectivity index (χ0) is 26.1. The minimum absolute atomic E-state index is 0.136. The first-order chi connectivity index (χ1) is 17.9. The van der Waals surface area contributed by atoms with Crippen molar-refractivity contribution in [2.75, 3.05) is 4.90 Å². The van der Waals surface area contributed by atoms with Gasteiger partial charge in [0.1, 0.15) is 5.75 Å². The molecule has 2 saturated heterocycles. The summed E-state index contributed by atoms with van der Waals surface area (Å²) in [7, 11) is -0.975. The number of anilines is 1. The largest absolute Gasteiger partial charge is 0.507 e. The Bertz CT molecular complexity index is 1240. The molecule has 2 fully saturated rings. The molecule has 7 heteroatoms. The van der Waals surface area contributed by atoms with E-state index in [-0.39, 0.29) is 29.6 Å². The van der Waals surface area contributed by atoms with Gasteiger partial charge in [-0.3, -0.25) is 14.5 Å². The Morgan fingerprint density at radius 1 is 1.05 bits per heavy atom. The Morgan fingerprint density at radius 2 is 1.78 bits per heavy atom. The van der Waals surface area contributed by atoms with Crippen LogP contribution in [0.5, 0.6) is 5.75 Å². The Labute approximate surface area is 218 Å². The van der Waals surface area contributed by atoms with Gasteiger partial charge in [-0.25, -0.2) is 0 Å². The lowest BCUT2D eigenvalue weighted by molar-refractivity contribution is -0.122. The number of carbonyl (C=O) groups is 2. The number of hydrogen-bond donors (Lipinski definition) is 2. The average molecular weight is 499 g/mol. The number of carbonyl (C=O) groups excluding carboxylic acids is 2. The standard InChI is InChI=1S/C30H34BNO5/c1-3-19(16-21-10-8-9-13-25(21)33)14-15-26-27-20(4-2)17-23-28(24(27)18-31(36)37-26)30(35)32(29(23)34)22-11-6-5-7-12-22/h5-13,16,23-24,26,28,33,36H,3-4,14-15,17-18H2,1-2H3/b19-16+/t23-,24+,26-,28-/m1/s1. The van der Waals surface area contributed by atoms with Crippen molar-refractivity contribution in [3.05, 3.63) is 76.9 Å². The molecule has 192 valence electrons. The highest BCUT2D eigenvalue weighted by Gasteiger charge is 2.57. The van der Waals surface area contributed by atoms with E-state index in [1.807, 2.05) is 36.4 Å². The van der Waals surface area contributed by atoms with Crippen LogP contribution < -0.4 is 4.90 Å². The Kier molecular flexibility index (Phi) is 7.36. The van der Waals surface area contributed by atoms with Crippen LogP contribution in [-0.2, 0) is 14.2 Å². The Morgan fingerprint density at radius 3 is 2.49 bits per heavy atom. The van der Waals surface area contributed by atoms with E-state index in [0.29, 0.717) is 24.8 Å². The van der Waals surface area contributed by atoms with Gasteiger partial charge in [0.2, 0.25) is 11.8 Å². The third-order valence-electron chi connectivity index (χ3n) is 8.23. The number of phenols is 1. The fourth-order valence-corrected chi connectivity index (χ4v) is 6.43. The molecule has 2 N–H and O–H groups in total.